The number of carbonyl (C=O) groups is 1. The third kappa shape index (κ3) is 4.44. The van der Waals surface area contributed by atoms with Crippen LogP contribution in [0, 0.1) is 0 Å². The summed E-state index contributed by atoms with van der Waals surface area (Å²) in [6, 6.07) is 10.7. The van der Waals surface area contributed by atoms with Crippen molar-refractivity contribution in [3.8, 4) is 5.75 Å². The highest BCUT2D eigenvalue weighted by atomic mass is 35.5. The van der Waals surface area contributed by atoms with Gasteiger partial charge >= 0.3 is 5.97 Å². The summed E-state index contributed by atoms with van der Waals surface area (Å²) in [7, 11) is -2.72. The molecule has 23 heavy (non-hydrogen) atoms. The van der Waals surface area contributed by atoms with E-state index in [1.54, 1.807) is 24.3 Å². The van der Waals surface area contributed by atoms with Crippen LogP contribution in [0.4, 0.5) is 0 Å². The number of esters is 1. The third-order valence-electron chi connectivity index (χ3n) is 2.96. The lowest BCUT2D eigenvalue weighted by Crippen LogP contribution is -2.15. The van der Waals surface area contributed by atoms with Gasteiger partial charge in [0.2, 0.25) is 10.0 Å². The standard InChI is InChI=1S/C15H14ClNO5S/c1-21-13-6-5-11(8-14(13)23(17,19)20)15(18)22-9-10-3-2-4-12(16)7-10/h2-8H,9H2,1H3,(H2,17,19,20). The Morgan fingerprint density at radius 3 is 2.57 bits per heavy atom. The molecule has 8 heteroatoms. The van der Waals surface area contributed by atoms with E-state index in [0.29, 0.717) is 10.6 Å². The molecule has 0 aliphatic carbocycles. The number of rotatable bonds is 5. The molecule has 0 bridgehead atoms. The number of halogens is 1. The average molecular weight is 356 g/mol. The number of hydrogen-bond donors (Lipinski definition) is 1. The molecule has 2 aromatic carbocycles. The lowest BCUT2D eigenvalue weighted by atomic mass is 10.2. The van der Waals surface area contributed by atoms with Crippen LogP contribution >= 0.6 is 11.6 Å². The van der Waals surface area contributed by atoms with E-state index in [1.165, 1.54) is 19.2 Å². The first-order valence-electron chi connectivity index (χ1n) is 6.43. The lowest BCUT2D eigenvalue weighted by Gasteiger charge is -2.09. The summed E-state index contributed by atoms with van der Waals surface area (Å²) < 4.78 is 33.1. The van der Waals surface area contributed by atoms with E-state index in [1.807, 2.05) is 0 Å². The Labute approximate surface area is 138 Å². The second-order valence-corrected chi connectivity index (χ2v) is 6.58. The van der Waals surface area contributed by atoms with Crippen molar-refractivity contribution < 1.29 is 22.7 Å². The van der Waals surface area contributed by atoms with Crippen molar-refractivity contribution in [3.63, 3.8) is 0 Å². The second-order valence-electron chi connectivity index (χ2n) is 4.62. The molecule has 0 aliphatic heterocycles. The Balaban J connectivity index is 2.20. The highest BCUT2D eigenvalue weighted by Gasteiger charge is 2.18. The molecule has 6 nitrogen and oxygen atoms in total. The van der Waals surface area contributed by atoms with Crippen LogP contribution in [-0.4, -0.2) is 21.5 Å². The number of benzene rings is 2. The van der Waals surface area contributed by atoms with Gasteiger partial charge in [-0.25, -0.2) is 18.4 Å². The van der Waals surface area contributed by atoms with Crippen LogP contribution in [0.3, 0.4) is 0 Å². The molecular formula is C15H14ClNO5S. The molecule has 0 saturated heterocycles. The van der Waals surface area contributed by atoms with Gasteiger partial charge in [-0.1, -0.05) is 23.7 Å². The van der Waals surface area contributed by atoms with E-state index < -0.39 is 16.0 Å². The molecule has 122 valence electrons. The largest absolute Gasteiger partial charge is 0.495 e. The Kier molecular flexibility index (Phi) is 5.25. The molecular weight excluding hydrogens is 342 g/mol. The minimum Gasteiger partial charge on any atom is -0.495 e. The number of nitrogens with two attached hydrogens (primary N) is 1. The summed E-state index contributed by atoms with van der Waals surface area (Å²) in [5, 5.41) is 5.64. The van der Waals surface area contributed by atoms with Gasteiger partial charge in [0, 0.05) is 5.02 Å². The van der Waals surface area contributed by atoms with Crippen LogP contribution in [0.2, 0.25) is 5.02 Å². The van der Waals surface area contributed by atoms with Gasteiger partial charge in [-0.15, -0.1) is 0 Å². The van der Waals surface area contributed by atoms with Crippen molar-refractivity contribution in [3.05, 3.63) is 58.6 Å². The van der Waals surface area contributed by atoms with E-state index in [0.717, 1.165) is 6.07 Å². The van der Waals surface area contributed by atoms with Crippen LogP contribution in [0.25, 0.3) is 0 Å². The summed E-state index contributed by atoms with van der Waals surface area (Å²) in [4.78, 5) is 11.8. The number of ether oxygens (including phenoxy) is 2. The minimum atomic E-state index is -4.02. The molecule has 0 aliphatic rings. The first-order valence-corrected chi connectivity index (χ1v) is 8.36. The molecule has 0 heterocycles. The molecule has 0 radical (unpaired) electrons. The zero-order chi connectivity index (χ0) is 17.0. The van der Waals surface area contributed by atoms with Gasteiger partial charge in [-0.3, -0.25) is 0 Å². The van der Waals surface area contributed by atoms with Crippen molar-refractivity contribution in [1.82, 2.24) is 0 Å². The smallest absolute Gasteiger partial charge is 0.338 e. The first-order chi connectivity index (χ1) is 10.8. The van der Waals surface area contributed by atoms with Crippen LogP contribution in [0.15, 0.2) is 47.4 Å². The number of methoxy groups -OCH3 is 1. The van der Waals surface area contributed by atoms with Crippen molar-refractivity contribution in [1.29, 1.82) is 0 Å². The summed E-state index contributed by atoms with van der Waals surface area (Å²) in [5.74, 6) is -0.628. The van der Waals surface area contributed by atoms with E-state index in [2.05, 4.69) is 0 Å². The first kappa shape index (κ1) is 17.3. The van der Waals surface area contributed by atoms with Crippen LogP contribution in [0.5, 0.6) is 5.75 Å². The summed E-state index contributed by atoms with van der Waals surface area (Å²) in [5.41, 5.74) is 0.767. The van der Waals surface area contributed by atoms with Gasteiger partial charge in [0.05, 0.1) is 12.7 Å². The minimum absolute atomic E-state index is 0.0101. The maximum atomic E-state index is 12.1. The Morgan fingerprint density at radius 2 is 1.96 bits per heavy atom. The quantitative estimate of drug-likeness (QED) is 0.830. The number of primary sulfonamides is 1. The zero-order valence-corrected chi connectivity index (χ0v) is 13.7. The Bertz CT molecular complexity index is 836. The molecule has 2 rings (SSSR count). The van der Waals surface area contributed by atoms with Crippen LogP contribution < -0.4 is 9.88 Å². The van der Waals surface area contributed by atoms with Gasteiger partial charge in [0.15, 0.2) is 0 Å². The summed E-state index contributed by atoms with van der Waals surface area (Å²) in [6.45, 7) is 0.0101. The third-order valence-corrected chi connectivity index (χ3v) is 4.13. The number of carbonyl (C=O) groups excluding carboxylic acids is 1. The van der Waals surface area contributed by atoms with E-state index in [4.69, 9.17) is 26.2 Å². The normalized spacial score (nSPS) is 11.1. The van der Waals surface area contributed by atoms with E-state index >= 15 is 0 Å². The zero-order valence-electron chi connectivity index (χ0n) is 12.2. The second kappa shape index (κ2) is 6.99. The fourth-order valence-corrected chi connectivity index (χ4v) is 2.82. The predicted molar refractivity (Wildman–Crippen MR) is 84.9 cm³/mol. The molecule has 0 aromatic heterocycles. The molecule has 0 fully saturated rings. The SMILES string of the molecule is COc1ccc(C(=O)OCc2cccc(Cl)c2)cc1S(N)(=O)=O. The highest BCUT2D eigenvalue weighted by molar-refractivity contribution is 7.89. The van der Waals surface area contributed by atoms with Crippen molar-refractivity contribution in [2.45, 2.75) is 11.5 Å². The summed E-state index contributed by atoms with van der Waals surface area (Å²) in [6.07, 6.45) is 0. The van der Waals surface area contributed by atoms with Gasteiger partial charge in [0.25, 0.3) is 0 Å². The molecule has 0 spiro atoms. The van der Waals surface area contributed by atoms with Crippen LogP contribution in [0.1, 0.15) is 15.9 Å². The van der Waals surface area contributed by atoms with Crippen LogP contribution in [-0.2, 0) is 21.4 Å². The molecule has 0 saturated carbocycles. The monoisotopic (exact) mass is 355 g/mol. The fourth-order valence-electron chi connectivity index (χ4n) is 1.88. The Morgan fingerprint density at radius 1 is 1.22 bits per heavy atom. The lowest BCUT2D eigenvalue weighted by molar-refractivity contribution is 0.0472. The molecule has 2 aromatic rings. The molecule has 0 unspecified atom stereocenters. The number of hydrogen-bond acceptors (Lipinski definition) is 5. The molecule has 0 atom stereocenters. The van der Waals surface area contributed by atoms with Crippen molar-refractivity contribution in [2.24, 2.45) is 5.14 Å². The predicted octanol–water partition coefficient (Wildman–Crippen LogP) is 2.35. The van der Waals surface area contributed by atoms with Gasteiger partial charge in [-0.2, -0.15) is 0 Å². The average Bonchev–Trinajstić information content (AvgIpc) is 2.51. The van der Waals surface area contributed by atoms with E-state index in [9.17, 15) is 13.2 Å². The Hall–Kier alpha value is -2.09. The van der Waals surface area contributed by atoms with Gasteiger partial charge in [0.1, 0.15) is 17.3 Å². The van der Waals surface area contributed by atoms with Gasteiger partial charge < -0.3 is 9.47 Å². The fraction of sp³-hybridized carbons (Fsp3) is 0.133. The highest BCUT2D eigenvalue weighted by Crippen LogP contribution is 2.24. The van der Waals surface area contributed by atoms with Crippen molar-refractivity contribution in [2.75, 3.05) is 7.11 Å². The van der Waals surface area contributed by atoms with Gasteiger partial charge in [-0.05, 0) is 35.9 Å². The molecule has 0 amide bonds. The maximum absolute atomic E-state index is 12.1. The van der Waals surface area contributed by atoms with Crippen molar-refractivity contribution >= 4 is 27.6 Å². The molecule has 2 N–H and O–H groups in total. The summed E-state index contributed by atoms with van der Waals surface area (Å²) >= 11 is 5.85. The number of sulfonamides is 1. The maximum Gasteiger partial charge on any atom is 0.338 e. The topological polar surface area (TPSA) is 95.7 Å². The van der Waals surface area contributed by atoms with E-state index in [-0.39, 0.29) is 22.8 Å².